The molecule has 5 rings (SSSR count). The van der Waals surface area contributed by atoms with E-state index in [1.807, 2.05) is 12.1 Å². The Bertz CT molecular complexity index is 1080. The molecule has 0 radical (unpaired) electrons. The largest absolute Gasteiger partial charge is 0.489 e. The van der Waals surface area contributed by atoms with Crippen LogP contribution in [0.4, 0.5) is 0 Å². The molecule has 1 aliphatic rings. The molecule has 104 valence electrons. The van der Waals surface area contributed by atoms with Crippen LogP contribution in [0.25, 0.3) is 38.7 Å². The Morgan fingerprint density at radius 1 is 0.818 bits per heavy atom. The van der Waals surface area contributed by atoms with Gasteiger partial charge in [-0.25, -0.2) is 4.98 Å². The minimum atomic E-state index is 0.636. The van der Waals surface area contributed by atoms with Gasteiger partial charge in [0.05, 0.1) is 11.0 Å². The summed E-state index contributed by atoms with van der Waals surface area (Å²) in [5.74, 6) is 0.919. The summed E-state index contributed by atoms with van der Waals surface area (Å²) in [6.45, 7) is 0.636. The van der Waals surface area contributed by atoms with Crippen molar-refractivity contribution in [3.05, 3.63) is 66.2 Å². The minimum Gasteiger partial charge on any atom is -0.489 e. The number of fused-ring (bicyclic) bond motifs is 5. The van der Waals surface area contributed by atoms with Crippen molar-refractivity contribution in [2.45, 2.75) is 0 Å². The van der Waals surface area contributed by atoms with E-state index in [9.17, 15) is 0 Å². The second-order valence-corrected chi connectivity index (χ2v) is 5.64. The van der Waals surface area contributed by atoms with Crippen LogP contribution < -0.4 is 4.74 Å². The quantitative estimate of drug-likeness (QED) is 0.426. The van der Waals surface area contributed by atoms with Crippen molar-refractivity contribution in [3.8, 4) is 5.75 Å². The molecule has 1 aromatic heterocycles. The summed E-state index contributed by atoms with van der Waals surface area (Å²) in [6, 6.07) is 19.1. The maximum atomic E-state index is 5.69. The lowest BCUT2D eigenvalue weighted by atomic mass is 10.0. The molecule has 0 atom stereocenters. The normalized spacial score (nSPS) is 13.5. The molecule has 0 unspecified atom stereocenters. The fourth-order valence-corrected chi connectivity index (χ4v) is 3.18. The highest BCUT2D eigenvalue weighted by Crippen LogP contribution is 2.33. The van der Waals surface area contributed by atoms with Crippen LogP contribution in [0.15, 0.2) is 60.7 Å². The van der Waals surface area contributed by atoms with Gasteiger partial charge in [0.25, 0.3) is 0 Å². The van der Waals surface area contributed by atoms with E-state index in [-0.39, 0.29) is 0 Å². The van der Waals surface area contributed by atoms with Crippen molar-refractivity contribution >= 4 is 38.7 Å². The van der Waals surface area contributed by atoms with Crippen LogP contribution in [0, 0.1) is 0 Å². The zero-order valence-corrected chi connectivity index (χ0v) is 11.9. The number of ether oxygens (including phenoxy) is 1. The fraction of sp³-hybridized carbons (Fsp3) is 0.0500. The number of benzene rings is 3. The van der Waals surface area contributed by atoms with Gasteiger partial charge in [-0.2, -0.15) is 0 Å². The predicted molar refractivity (Wildman–Crippen MR) is 91.3 cm³/mol. The van der Waals surface area contributed by atoms with Crippen molar-refractivity contribution < 1.29 is 4.74 Å². The van der Waals surface area contributed by atoms with E-state index >= 15 is 0 Å². The molecular weight excluding hydrogens is 270 g/mol. The molecule has 0 saturated heterocycles. The summed E-state index contributed by atoms with van der Waals surface area (Å²) < 4.78 is 5.69. The maximum absolute atomic E-state index is 5.69. The Labute approximate surface area is 127 Å². The van der Waals surface area contributed by atoms with Gasteiger partial charge >= 0.3 is 0 Å². The Balaban J connectivity index is 1.92. The van der Waals surface area contributed by atoms with Crippen molar-refractivity contribution in [1.29, 1.82) is 0 Å². The van der Waals surface area contributed by atoms with Crippen LogP contribution in [0.5, 0.6) is 5.75 Å². The van der Waals surface area contributed by atoms with Crippen LogP contribution in [-0.2, 0) is 0 Å². The highest BCUT2D eigenvalue weighted by Gasteiger charge is 2.12. The SMILES string of the molecule is C1=Cc2c(ccc3cc4cc5ccccc5cc4nc23)OC1. The Kier molecular flexibility index (Phi) is 2.30. The number of hydrogen-bond donors (Lipinski definition) is 0. The highest BCUT2D eigenvalue weighted by molar-refractivity contribution is 6.03. The molecule has 3 aromatic carbocycles. The summed E-state index contributed by atoms with van der Waals surface area (Å²) in [5, 5.41) is 4.79. The van der Waals surface area contributed by atoms with Gasteiger partial charge in [-0.3, -0.25) is 0 Å². The van der Waals surface area contributed by atoms with E-state index in [0.717, 1.165) is 27.7 Å². The fourth-order valence-electron chi connectivity index (χ4n) is 3.18. The first-order chi connectivity index (χ1) is 10.9. The van der Waals surface area contributed by atoms with Crippen LogP contribution >= 0.6 is 0 Å². The zero-order chi connectivity index (χ0) is 14.5. The molecule has 2 nitrogen and oxygen atoms in total. The van der Waals surface area contributed by atoms with Gasteiger partial charge in [-0.1, -0.05) is 24.3 Å². The number of pyridine rings is 1. The van der Waals surface area contributed by atoms with Gasteiger partial charge in [0.2, 0.25) is 0 Å². The molecule has 0 saturated carbocycles. The molecule has 0 bridgehead atoms. The summed E-state index contributed by atoms with van der Waals surface area (Å²) in [4.78, 5) is 4.91. The number of rotatable bonds is 0. The number of aromatic nitrogens is 1. The molecule has 2 heterocycles. The van der Waals surface area contributed by atoms with Gasteiger partial charge in [-0.05, 0) is 53.3 Å². The minimum absolute atomic E-state index is 0.636. The molecule has 1 aliphatic heterocycles. The van der Waals surface area contributed by atoms with Gasteiger partial charge in [0, 0.05) is 16.3 Å². The van der Waals surface area contributed by atoms with Crippen LogP contribution in [0.2, 0.25) is 0 Å². The number of nitrogens with zero attached hydrogens (tertiary/aromatic N) is 1. The van der Waals surface area contributed by atoms with E-state index in [2.05, 4.69) is 54.6 Å². The van der Waals surface area contributed by atoms with Crippen LogP contribution in [-0.4, -0.2) is 11.6 Å². The number of hydrogen-bond acceptors (Lipinski definition) is 2. The van der Waals surface area contributed by atoms with E-state index in [4.69, 9.17) is 9.72 Å². The van der Waals surface area contributed by atoms with Gasteiger partial charge in [-0.15, -0.1) is 0 Å². The zero-order valence-electron chi connectivity index (χ0n) is 11.9. The lowest BCUT2D eigenvalue weighted by Gasteiger charge is -2.14. The summed E-state index contributed by atoms with van der Waals surface area (Å²) >= 11 is 0. The maximum Gasteiger partial charge on any atom is 0.129 e. The van der Waals surface area contributed by atoms with Crippen molar-refractivity contribution in [3.63, 3.8) is 0 Å². The Morgan fingerprint density at radius 2 is 1.64 bits per heavy atom. The summed E-state index contributed by atoms with van der Waals surface area (Å²) in [7, 11) is 0. The second-order valence-electron chi connectivity index (χ2n) is 5.64. The van der Waals surface area contributed by atoms with E-state index in [1.165, 1.54) is 16.2 Å². The molecular formula is C20H13NO. The first-order valence-corrected chi connectivity index (χ1v) is 7.44. The molecule has 4 aromatic rings. The lowest BCUT2D eigenvalue weighted by Crippen LogP contribution is -2.01. The molecule has 0 fully saturated rings. The third-order valence-corrected chi connectivity index (χ3v) is 4.27. The van der Waals surface area contributed by atoms with Crippen LogP contribution in [0.1, 0.15) is 5.56 Å². The smallest absolute Gasteiger partial charge is 0.129 e. The monoisotopic (exact) mass is 283 g/mol. The van der Waals surface area contributed by atoms with E-state index in [1.54, 1.807) is 0 Å². The van der Waals surface area contributed by atoms with Crippen molar-refractivity contribution in [2.75, 3.05) is 6.61 Å². The van der Waals surface area contributed by atoms with E-state index in [0.29, 0.717) is 6.61 Å². The van der Waals surface area contributed by atoms with Gasteiger partial charge < -0.3 is 4.74 Å². The average molecular weight is 283 g/mol. The predicted octanol–water partition coefficient (Wildman–Crippen LogP) is 4.95. The first-order valence-electron chi connectivity index (χ1n) is 7.44. The van der Waals surface area contributed by atoms with Crippen molar-refractivity contribution in [1.82, 2.24) is 4.98 Å². The molecule has 0 N–H and O–H groups in total. The van der Waals surface area contributed by atoms with Gasteiger partial charge in [0.15, 0.2) is 0 Å². The summed E-state index contributed by atoms with van der Waals surface area (Å²) in [5.41, 5.74) is 3.12. The van der Waals surface area contributed by atoms with E-state index < -0.39 is 0 Å². The third-order valence-electron chi connectivity index (χ3n) is 4.27. The van der Waals surface area contributed by atoms with Crippen molar-refractivity contribution in [2.24, 2.45) is 0 Å². The molecule has 0 aliphatic carbocycles. The van der Waals surface area contributed by atoms with Crippen LogP contribution in [0.3, 0.4) is 0 Å². The Morgan fingerprint density at radius 3 is 2.55 bits per heavy atom. The topological polar surface area (TPSA) is 22.1 Å². The standard InChI is InChI=1S/C20H13NO/c1-2-5-14-12-18-16(10-13(14)4-1)11-15-7-8-19-17(20(15)21-18)6-3-9-22-19/h1-8,10-12H,9H2. The summed E-state index contributed by atoms with van der Waals surface area (Å²) in [6.07, 6.45) is 4.15. The molecule has 0 amide bonds. The molecule has 2 heteroatoms. The lowest BCUT2D eigenvalue weighted by molar-refractivity contribution is 0.359. The second kappa shape index (κ2) is 4.31. The van der Waals surface area contributed by atoms with Gasteiger partial charge in [0.1, 0.15) is 12.4 Å². The molecule has 0 spiro atoms. The molecule has 22 heavy (non-hydrogen) atoms. The third kappa shape index (κ3) is 1.64. The average Bonchev–Trinajstić information content (AvgIpc) is 2.58. The Hall–Kier alpha value is -2.87. The highest BCUT2D eigenvalue weighted by atomic mass is 16.5. The first kappa shape index (κ1) is 11.8.